The van der Waals surface area contributed by atoms with Gasteiger partial charge < -0.3 is 10.0 Å². The summed E-state index contributed by atoms with van der Waals surface area (Å²) >= 11 is 0. The van der Waals surface area contributed by atoms with Gasteiger partial charge in [0.15, 0.2) is 0 Å². The molecule has 2 fully saturated rings. The van der Waals surface area contributed by atoms with Gasteiger partial charge >= 0.3 is 5.97 Å². The van der Waals surface area contributed by atoms with Gasteiger partial charge in [-0.1, -0.05) is 0 Å². The maximum atomic E-state index is 12.1. The summed E-state index contributed by atoms with van der Waals surface area (Å²) < 4.78 is 0. The quantitative estimate of drug-likeness (QED) is 0.686. The molecule has 2 rings (SSSR count). The van der Waals surface area contributed by atoms with Crippen LogP contribution in [0.5, 0.6) is 0 Å². The van der Waals surface area contributed by atoms with E-state index in [4.69, 9.17) is 5.11 Å². The first-order valence-corrected chi connectivity index (χ1v) is 5.29. The molecule has 0 aliphatic carbocycles. The first-order valence-electron chi connectivity index (χ1n) is 5.29. The molecule has 0 saturated carbocycles. The highest BCUT2D eigenvalue weighted by Gasteiger charge is 2.51. The van der Waals surface area contributed by atoms with Crippen LogP contribution >= 0.6 is 0 Å². The number of hydrogen-bond donors (Lipinski definition) is 1. The van der Waals surface area contributed by atoms with Crippen molar-refractivity contribution in [2.24, 2.45) is 0 Å². The zero-order valence-corrected chi connectivity index (χ0v) is 8.90. The molecular formula is C10H16N2O3. The molecule has 1 amide bonds. The number of aliphatic carboxylic acids is 1. The first kappa shape index (κ1) is 10.4. The van der Waals surface area contributed by atoms with E-state index in [1.807, 2.05) is 7.05 Å². The van der Waals surface area contributed by atoms with Crippen LogP contribution in [0.1, 0.15) is 19.3 Å². The minimum atomic E-state index is -0.930. The summed E-state index contributed by atoms with van der Waals surface area (Å²) in [4.78, 5) is 26.2. The van der Waals surface area contributed by atoms with E-state index in [9.17, 15) is 9.59 Å². The highest BCUT2D eigenvalue weighted by molar-refractivity contribution is 5.91. The van der Waals surface area contributed by atoms with Crippen molar-refractivity contribution in [2.75, 3.05) is 26.7 Å². The molecule has 1 N–H and O–H groups in total. The maximum Gasteiger partial charge on any atom is 0.323 e. The Labute approximate surface area is 88.6 Å². The first-order chi connectivity index (χ1) is 7.06. The van der Waals surface area contributed by atoms with Gasteiger partial charge in [0.1, 0.15) is 12.1 Å². The molecule has 0 radical (unpaired) electrons. The predicted molar refractivity (Wildman–Crippen MR) is 53.4 cm³/mol. The fraction of sp³-hybridized carbons (Fsp3) is 0.800. The monoisotopic (exact) mass is 212 g/mol. The zero-order chi connectivity index (χ0) is 11.1. The minimum Gasteiger partial charge on any atom is -0.480 e. The Balaban J connectivity index is 2.12. The van der Waals surface area contributed by atoms with Crippen molar-refractivity contribution in [1.82, 2.24) is 9.80 Å². The van der Waals surface area contributed by atoms with Crippen LogP contribution in [0.15, 0.2) is 0 Å². The van der Waals surface area contributed by atoms with E-state index >= 15 is 0 Å². The van der Waals surface area contributed by atoms with E-state index in [-0.39, 0.29) is 18.0 Å². The summed E-state index contributed by atoms with van der Waals surface area (Å²) in [7, 11) is 1.95. The minimum absolute atomic E-state index is 0.00454. The second kappa shape index (κ2) is 3.48. The fourth-order valence-electron chi connectivity index (χ4n) is 2.74. The van der Waals surface area contributed by atoms with Crippen LogP contribution in [0.4, 0.5) is 0 Å². The molecule has 0 aromatic carbocycles. The molecule has 84 valence electrons. The van der Waals surface area contributed by atoms with Gasteiger partial charge in [0, 0.05) is 6.54 Å². The number of carboxylic acids is 1. The summed E-state index contributed by atoms with van der Waals surface area (Å²) in [6.07, 6.45) is 2.68. The Morgan fingerprint density at radius 1 is 1.47 bits per heavy atom. The van der Waals surface area contributed by atoms with Crippen molar-refractivity contribution in [3.05, 3.63) is 0 Å². The number of likely N-dealkylation sites (N-methyl/N-ethyl adjacent to an activating group) is 1. The van der Waals surface area contributed by atoms with Crippen LogP contribution in [0, 0.1) is 0 Å². The molecule has 0 aromatic heterocycles. The van der Waals surface area contributed by atoms with Crippen molar-refractivity contribution in [3.63, 3.8) is 0 Å². The molecule has 15 heavy (non-hydrogen) atoms. The number of likely N-dealkylation sites (tertiary alicyclic amines) is 2. The van der Waals surface area contributed by atoms with E-state index in [2.05, 4.69) is 4.90 Å². The van der Waals surface area contributed by atoms with Gasteiger partial charge in [-0.15, -0.1) is 0 Å². The van der Waals surface area contributed by atoms with Crippen LogP contribution in [-0.4, -0.2) is 59.0 Å². The lowest BCUT2D eigenvalue weighted by atomic mass is 9.95. The van der Waals surface area contributed by atoms with E-state index in [0.717, 1.165) is 25.8 Å². The predicted octanol–water partition coefficient (Wildman–Crippen LogP) is -0.232. The standard InChI is InChI=1S/C10H16N2O3/c1-11-5-2-3-10(11)4-6-12(9(10)15)7-8(13)14/h2-7H2,1H3,(H,13,14)/t10-/m1/s1. The van der Waals surface area contributed by atoms with Gasteiger partial charge in [0.05, 0.1) is 0 Å². The lowest BCUT2D eigenvalue weighted by molar-refractivity contribution is -0.145. The number of amides is 1. The van der Waals surface area contributed by atoms with Crippen LogP contribution < -0.4 is 0 Å². The van der Waals surface area contributed by atoms with E-state index in [1.54, 1.807) is 0 Å². The molecule has 0 unspecified atom stereocenters. The second-order valence-corrected chi connectivity index (χ2v) is 4.43. The molecule has 5 heteroatoms. The van der Waals surface area contributed by atoms with Gasteiger partial charge in [-0.3, -0.25) is 14.5 Å². The summed E-state index contributed by atoms with van der Waals surface area (Å²) in [5.74, 6) is -0.925. The number of hydrogen-bond acceptors (Lipinski definition) is 3. The molecule has 1 atom stereocenters. The average molecular weight is 212 g/mol. The normalized spacial score (nSPS) is 31.8. The number of nitrogens with zero attached hydrogens (tertiary/aromatic N) is 2. The third-order valence-electron chi connectivity index (χ3n) is 3.62. The highest BCUT2D eigenvalue weighted by Crippen LogP contribution is 2.37. The number of carbonyl (C=O) groups excluding carboxylic acids is 1. The summed E-state index contributed by atoms with van der Waals surface area (Å²) in [6, 6.07) is 0. The van der Waals surface area contributed by atoms with E-state index in [1.165, 1.54) is 4.90 Å². The third kappa shape index (κ3) is 1.51. The van der Waals surface area contributed by atoms with Crippen molar-refractivity contribution < 1.29 is 14.7 Å². The Morgan fingerprint density at radius 3 is 2.73 bits per heavy atom. The van der Waals surface area contributed by atoms with Crippen LogP contribution in [0.2, 0.25) is 0 Å². The molecule has 1 spiro atoms. The third-order valence-corrected chi connectivity index (χ3v) is 3.62. The van der Waals surface area contributed by atoms with Crippen molar-refractivity contribution in [2.45, 2.75) is 24.8 Å². The summed E-state index contributed by atoms with van der Waals surface area (Å²) in [5.41, 5.74) is -0.380. The SMILES string of the molecule is CN1CCC[C@]12CCN(CC(=O)O)C2=O. The van der Waals surface area contributed by atoms with Crippen LogP contribution in [0.3, 0.4) is 0 Å². The summed E-state index contributed by atoms with van der Waals surface area (Å²) in [5, 5.41) is 8.68. The topological polar surface area (TPSA) is 60.9 Å². The van der Waals surface area contributed by atoms with E-state index < -0.39 is 5.97 Å². The molecule has 0 bridgehead atoms. The summed E-state index contributed by atoms with van der Waals surface area (Å²) in [6.45, 7) is 1.36. The van der Waals surface area contributed by atoms with Crippen LogP contribution in [0.25, 0.3) is 0 Å². The highest BCUT2D eigenvalue weighted by atomic mass is 16.4. The largest absolute Gasteiger partial charge is 0.480 e. The Hall–Kier alpha value is -1.10. The van der Waals surface area contributed by atoms with Crippen molar-refractivity contribution in [1.29, 1.82) is 0 Å². The maximum absolute atomic E-state index is 12.1. The zero-order valence-electron chi connectivity index (χ0n) is 8.90. The number of carbonyl (C=O) groups is 2. The molecule has 2 heterocycles. The van der Waals surface area contributed by atoms with Gasteiger partial charge in [0.25, 0.3) is 0 Å². The van der Waals surface area contributed by atoms with Crippen LogP contribution in [-0.2, 0) is 9.59 Å². The van der Waals surface area contributed by atoms with Crippen molar-refractivity contribution in [3.8, 4) is 0 Å². The lowest BCUT2D eigenvalue weighted by Gasteiger charge is -2.29. The number of carboxylic acid groups (broad SMARTS) is 1. The van der Waals surface area contributed by atoms with Gasteiger partial charge in [0.2, 0.25) is 5.91 Å². The fourth-order valence-corrected chi connectivity index (χ4v) is 2.74. The van der Waals surface area contributed by atoms with Gasteiger partial charge in [-0.05, 0) is 32.9 Å². The molecular weight excluding hydrogens is 196 g/mol. The van der Waals surface area contributed by atoms with Crippen molar-refractivity contribution >= 4 is 11.9 Å². The smallest absolute Gasteiger partial charge is 0.323 e. The lowest BCUT2D eigenvalue weighted by Crippen LogP contribution is -2.49. The average Bonchev–Trinajstić information content (AvgIpc) is 2.66. The molecule has 2 saturated heterocycles. The molecule has 2 aliphatic rings. The second-order valence-electron chi connectivity index (χ2n) is 4.43. The molecule has 2 aliphatic heterocycles. The van der Waals surface area contributed by atoms with Gasteiger partial charge in [-0.25, -0.2) is 0 Å². The molecule has 5 nitrogen and oxygen atoms in total. The number of rotatable bonds is 2. The Bertz CT molecular complexity index is 305. The van der Waals surface area contributed by atoms with Gasteiger partial charge in [-0.2, -0.15) is 0 Å². The van der Waals surface area contributed by atoms with E-state index in [0.29, 0.717) is 6.54 Å². The molecule has 0 aromatic rings. The Morgan fingerprint density at radius 2 is 2.20 bits per heavy atom. The Kier molecular flexibility index (Phi) is 2.42.